The third kappa shape index (κ3) is 4.59. The number of nitrogens with one attached hydrogen (secondary N) is 2. The molecule has 1 aliphatic heterocycles. The van der Waals surface area contributed by atoms with Crippen LogP contribution in [0.2, 0.25) is 0 Å². The lowest BCUT2D eigenvalue weighted by molar-refractivity contribution is 0.177. The summed E-state index contributed by atoms with van der Waals surface area (Å²) in [4.78, 5) is 14.7. The lowest BCUT2D eigenvalue weighted by atomic mass is 10.1. The van der Waals surface area contributed by atoms with E-state index in [4.69, 9.17) is 4.74 Å². The quantitative estimate of drug-likeness (QED) is 0.581. The summed E-state index contributed by atoms with van der Waals surface area (Å²) < 4.78 is 7.10. The summed E-state index contributed by atoms with van der Waals surface area (Å²) in [6, 6.07) is 0.290. The molecule has 9 heteroatoms. The van der Waals surface area contributed by atoms with Gasteiger partial charge in [-0.2, -0.15) is 5.10 Å². The van der Waals surface area contributed by atoms with Gasteiger partial charge in [-0.15, -0.1) is 11.3 Å². The Balaban J connectivity index is 1.49. The summed E-state index contributed by atoms with van der Waals surface area (Å²) in [6.07, 6.45) is 2.87. The first kappa shape index (κ1) is 18.8. The average Bonchev–Trinajstić information content (AvgIpc) is 3.15. The minimum Gasteiger partial charge on any atom is -0.377 e. The second-order valence-electron chi connectivity index (χ2n) is 6.43. The number of fused-ring (bicyclic) bond motifs is 1. The molecule has 1 unspecified atom stereocenters. The largest absolute Gasteiger partial charge is 0.377 e. The molecule has 0 saturated heterocycles. The number of ether oxygens (including phenoxy) is 1. The number of rotatable bonds is 6. The van der Waals surface area contributed by atoms with E-state index < -0.39 is 0 Å². The van der Waals surface area contributed by atoms with Crippen LogP contribution in [0.1, 0.15) is 33.6 Å². The standard InChI is InChI=1S/C17H27N7OS/c1-11-14(26-12(2)20-11)7-8-19-17(18-3)21-13-5-6-16-22-15(10-25-4)23-24(16)9-13/h13H,5-10H2,1-4H3,(H2,18,19,21). The number of hydrogen-bond acceptors (Lipinski definition) is 6. The second-order valence-corrected chi connectivity index (χ2v) is 7.72. The van der Waals surface area contributed by atoms with Gasteiger partial charge in [0.25, 0.3) is 0 Å². The monoisotopic (exact) mass is 377 g/mol. The van der Waals surface area contributed by atoms with Crippen molar-refractivity contribution in [2.75, 3.05) is 20.7 Å². The highest BCUT2D eigenvalue weighted by atomic mass is 32.1. The van der Waals surface area contributed by atoms with Gasteiger partial charge in [0, 0.05) is 44.5 Å². The van der Waals surface area contributed by atoms with E-state index >= 15 is 0 Å². The van der Waals surface area contributed by atoms with Crippen LogP contribution in [0.15, 0.2) is 4.99 Å². The Bertz CT molecular complexity index is 767. The van der Waals surface area contributed by atoms with Gasteiger partial charge in [-0.25, -0.2) is 14.6 Å². The molecule has 0 amide bonds. The van der Waals surface area contributed by atoms with Crippen LogP contribution in [0.5, 0.6) is 0 Å². The first-order chi connectivity index (χ1) is 12.6. The average molecular weight is 378 g/mol. The van der Waals surface area contributed by atoms with E-state index in [-0.39, 0.29) is 6.04 Å². The second kappa shape index (κ2) is 8.59. The maximum Gasteiger partial charge on any atom is 0.191 e. The number of thiazole rings is 1. The predicted molar refractivity (Wildman–Crippen MR) is 103 cm³/mol. The summed E-state index contributed by atoms with van der Waals surface area (Å²) in [5, 5.41) is 12.5. The molecule has 1 atom stereocenters. The summed E-state index contributed by atoms with van der Waals surface area (Å²) in [7, 11) is 3.47. The lowest BCUT2D eigenvalue weighted by Crippen LogP contribution is -2.47. The van der Waals surface area contributed by atoms with E-state index in [1.807, 2.05) is 4.68 Å². The van der Waals surface area contributed by atoms with Crippen molar-refractivity contribution in [2.24, 2.45) is 4.99 Å². The highest BCUT2D eigenvalue weighted by Crippen LogP contribution is 2.17. The Hall–Kier alpha value is -2.00. The molecule has 0 bridgehead atoms. The van der Waals surface area contributed by atoms with Crippen molar-refractivity contribution in [3.63, 3.8) is 0 Å². The van der Waals surface area contributed by atoms with Crippen LogP contribution >= 0.6 is 11.3 Å². The molecule has 3 heterocycles. The highest BCUT2D eigenvalue weighted by Gasteiger charge is 2.22. The van der Waals surface area contributed by atoms with Crippen LogP contribution in [-0.2, 0) is 30.7 Å². The molecule has 2 aromatic rings. The molecular weight excluding hydrogens is 350 g/mol. The molecule has 8 nitrogen and oxygen atoms in total. The third-order valence-electron chi connectivity index (χ3n) is 4.38. The van der Waals surface area contributed by atoms with Crippen LogP contribution in [-0.4, -0.2) is 52.5 Å². The molecule has 0 aromatic carbocycles. The SMILES string of the molecule is CN=C(NCCc1sc(C)nc1C)NC1CCc2nc(COC)nn2C1. The molecule has 0 spiro atoms. The topological polar surface area (TPSA) is 89.2 Å². The van der Waals surface area contributed by atoms with E-state index in [0.717, 1.165) is 60.7 Å². The Morgan fingerprint density at radius 3 is 2.92 bits per heavy atom. The molecule has 0 saturated carbocycles. The molecule has 1 aliphatic rings. The van der Waals surface area contributed by atoms with Gasteiger partial charge in [0.15, 0.2) is 11.8 Å². The smallest absolute Gasteiger partial charge is 0.191 e. The fourth-order valence-electron chi connectivity index (χ4n) is 3.16. The number of guanidine groups is 1. The molecule has 3 rings (SSSR count). The van der Waals surface area contributed by atoms with Crippen molar-refractivity contribution >= 4 is 17.3 Å². The van der Waals surface area contributed by atoms with Crippen LogP contribution in [0.25, 0.3) is 0 Å². The minimum absolute atomic E-state index is 0.290. The molecule has 0 aliphatic carbocycles. The number of methoxy groups -OCH3 is 1. The lowest BCUT2D eigenvalue weighted by Gasteiger charge is -2.25. The van der Waals surface area contributed by atoms with Gasteiger partial charge < -0.3 is 15.4 Å². The van der Waals surface area contributed by atoms with Gasteiger partial charge in [0.2, 0.25) is 0 Å². The van der Waals surface area contributed by atoms with E-state index in [1.165, 1.54) is 4.88 Å². The zero-order valence-corrected chi connectivity index (χ0v) is 16.7. The zero-order valence-electron chi connectivity index (χ0n) is 15.9. The van der Waals surface area contributed by atoms with Crippen molar-refractivity contribution in [1.29, 1.82) is 0 Å². The van der Waals surface area contributed by atoms with Gasteiger partial charge in [0.1, 0.15) is 12.4 Å². The first-order valence-electron chi connectivity index (χ1n) is 8.90. The number of nitrogens with zero attached hydrogens (tertiary/aromatic N) is 5. The van der Waals surface area contributed by atoms with Crippen molar-refractivity contribution in [1.82, 2.24) is 30.4 Å². The van der Waals surface area contributed by atoms with Gasteiger partial charge >= 0.3 is 0 Å². The van der Waals surface area contributed by atoms with Crippen molar-refractivity contribution in [3.8, 4) is 0 Å². The summed E-state index contributed by atoms with van der Waals surface area (Å²) in [5.41, 5.74) is 1.13. The molecule has 2 aromatic heterocycles. The van der Waals surface area contributed by atoms with E-state index in [1.54, 1.807) is 25.5 Å². The maximum atomic E-state index is 5.12. The molecule has 0 radical (unpaired) electrons. The third-order valence-corrected chi connectivity index (χ3v) is 5.52. The Morgan fingerprint density at radius 1 is 1.38 bits per heavy atom. The van der Waals surface area contributed by atoms with Gasteiger partial charge in [-0.3, -0.25) is 4.99 Å². The number of aromatic nitrogens is 4. The molecular formula is C17H27N7OS. The van der Waals surface area contributed by atoms with Crippen molar-refractivity contribution < 1.29 is 4.74 Å². The van der Waals surface area contributed by atoms with Gasteiger partial charge in [0.05, 0.1) is 17.2 Å². The van der Waals surface area contributed by atoms with E-state index in [2.05, 4.69) is 44.5 Å². The fraction of sp³-hybridized carbons (Fsp3) is 0.647. The van der Waals surface area contributed by atoms with Gasteiger partial charge in [-0.05, 0) is 20.3 Å². The van der Waals surface area contributed by atoms with E-state index in [0.29, 0.717) is 6.61 Å². The number of aryl methyl sites for hydroxylation is 3. The predicted octanol–water partition coefficient (Wildman–Crippen LogP) is 1.22. The first-order valence-corrected chi connectivity index (χ1v) is 9.72. The minimum atomic E-state index is 0.290. The Morgan fingerprint density at radius 2 is 2.23 bits per heavy atom. The molecule has 26 heavy (non-hydrogen) atoms. The molecule has 2 N–H and O–H groups in total. The molecule has 0 fully saturated rings. The summed E-state index contributed by atoms with van der Waals surface area (Å²) in [6.45, 7) is 6.20. The van der Waals surface area contributed by atoms with E-state index in [9.17, 15) is 0 Å². The zero-order chi connectivity index (χ0) is 18.5. The summed E-state index contributed by atoms with van der Waals surface area (Å²) in [5.74, 6) is 2.62. The molecule has 142 valence electrons. The normalized spacial score (nSPS) is 17.2. The maximum absolute atomic E-state index is 5.12. The Labute approximate surface area is 158 Å². The highest BCUT2D eigenvalue weighted by molar-refractivity contribution is 7.11. The van der Waals surface area contributed by atoms with Gasteiger partial charge in [-0.1, -0.05) is 0 Å². The summed E-state index contributed by atoms with van der Waals surface area (Å²) >= 11 is 1.77. The number of aliphatic imine (C=N–C) groups is 1. The van der Waals surface area contributed by atoms with Crippen LogP contribution < -0.4 is 10.6 Å². The van der Waals surface area contributed by atoms with Crippen LogP contribution in [0.3, 0.4) is 0 Å². The van der Waals surface area contributed by atoms with Crippen molar-refractivity contribution in [3.05, 3.63) is 27.2 Å². The fourth-order valence-corrected chi connectivity index (χ4v) is 4.09. The number of hydrogen-bond donors (Lipinski definition) is 2. The van der Waals surface area contributed by atoms with Crippen molar-refractivity contribution in [2.45, 2.75) is 52.3 Å². The van der Waals surface area contributed by atoms with Crippen LogP contribution in [0.4, 0.5) is 0 Å². The Kier molecular flexibility index (Phi) is 6.20. The van der Waals surface area contributed by atoms with Crippen LogP contribution in [0, 0.1) is 13.8 Å².